The number of aryl methyl sites for hydroxylation is 2. The molecule has 18 heavy (non-hydrogen) atoms. The molecule has 0 saturated carbocycles. The van der Waals surface area contributed by atoms with Crippen LogP contribution in [0.1, 0.15) is 5.56 Å². The minimum absolute atomic E-state index is 0.224. The molecule has 0 amide bonds. The maximum atomic E-state index is 12.1. The zero-order valence-corrected chi connectivity index (χ0v) is 9.82. The summed E-state index contributed by atoms with van der Waals surface area (Å²) in [5.41, 5.74) is 1.45. The molecule has 1 aromatic heterocycles. The Balaban J connectivity index is 2.34. The summed E-state index contributed by atoms with van der Waals surface area (Å²) in [6.45, 7) is 1.72. The molecule has 2 aromatic rings. The van der Waals surface area contributed by atoms with Gasteiger partial charge in [0.1, 0.15) is 11.6 Å². The summed E-state index contributed by atoms with van der Waals surface area (Å²) in [5, 5.41) is 0. The van der Waals surface area contributed by atoms with Crippen molar-refractivity contribution in [2.45, 2.75) is 13.3 Å². The van der Waals surface area contributed by atoms with Crippen LogP contribution < -0.4 is 4.74 Å². The number of hydrogen-bond acceptors (Lipinski definition) is 2. The molecule has 0 saturated heterocycles. The van der Waals surface area contributed by atoms with E-state index in [0.717, 1.165) is 5.56 Å². The lowest BCUT2D eigenvalue weighted by Crippen LogP contribution is -2.17. The van der Waals surface area contributed by atoms with Crippen molar-refractivity contribution in [2.75, 3.05) is 0 Å². The quantitative estimate of drug-likeness (QED) is 0.824. The van der Waals surface area contributed by atoms with Gasteiger partial charge in [-0.05, 0) is 30.7 Å². The van der Waals surface area contributed by atoms with Crippen LogP contribution in [0, 0.1) is 6.92 Å². The Morgan fingerprint density at radius 1 is 1.28 bits per heavy atom. The fourth-order valence-corrected chi connectivity index (χ4v) is 1.71. The lowest BCUT2D eigenvalue weighted by molar-refractivity contribution is -0.274. The predicted octanol–water partition coefficient (Wildman–Crippen LogP) is 3.29. The van der Waals surface area contributed by atoms with Crippen molar-refractivity contribution in [1.29, 1.82) is 0 Å². The van der Waals surface area contributed by atoms with E-state index in [1.807, 2.05) is 7.05 Å². The van der Waals surface area contributed by atoms with Crippen LogP contribution in [0.5, 0.6) is 5.75 Å². The summed E-state index contributed by atoms with van der Waals surface area (Å²) < 4.78 is 41.9. The maximum Gasteiger partial charge on any atom is 0.573 e. The molecule has 0 radical (unpaired) electrons. The van der Waals surface area contributed by atoms with Gasteiger partial charge >= 0.3 is 6.36 Å². The minimum Gasteiger partial charge on any atom is -0.406 e. The summed E-state index contributed by atoms with van der Waals surface area (Å²) in [6, 6.07) is 4.20. The van der Waals surface area contributed by atoms with Crippen LogP contribution in [0.4, 0.5) is 13.2 Å². The van der Waals surface area contributed by atoms with Crippen molar-refractivity contribution in [3.63, 3.8) is 0 Å². The number of halogens is 3. The zero-order valence-electron chi connectivity index (χ0n) is 9.82. The van der Waals surface area contributed by atoms with Crippen LogP contribution in [-0.2, 0) is 7.05 Å². The number of hydrogen-bond donors (Lipinski definition) is 0. The summed E-state index contributed by atoms with van der Waals surface area (Å²) in [7, 11) is 1.82. The summed E-state index contributed by atoms with van der Waals surface area (Å²) in [4.78, 5) is 4.15. The molecule has 0 spiro atoms. The molecule has 0 fully saturated rings. The molecule has 0 aliphatic carbocycles. The fourth-order valence-electron chi connectivity index (χ4n) is 1.71. The fraction of sp³-hybridized carbons (Fsp3) is 0.250. The lowest BCUT2D eigenvalue weighted by Gasteiger charge is -2.11. The molecular weight excluding hydrogens is 245 g/mol. The first kappa shape index (κ1) is 12.5. The van der Waals surface area contributed by atoms with Gasteiger partial charge in [0.05, 0.1) is 0 Å². The Morgan fingerprint density at radius 3 is 2.50 bits per heavy atom. The molecule has 0 bridgehead atoms. The van der Waals surface area contributed by atoms with Gasteiger partial charge in [0.25, 0.3) is 0 Å². The van der Waals surface area contributed by atoms with Gasteiger partial charge < -0.3 is 9.30 Å². The minimum atomic E-state index is -4.67. The SMILES string of the molecule is Cc1cc(OC(F)(F)F)ccc1-c1nccn1C. The van der Waals surface area contributed by atoms with E-state index in [-0.39, 0.29) is 5.75 Å². The summed E-state index contributed by atoms with van der Waals surface area (Å²) in [6.07, 6.45) is -1.26. The second-order valence-electron chi connectivity index (χ2n) is 3.89. The predicted molar refractivity (Wildman–Crippen MR) is 60.1 cm³/mol. The van der Waals surface area contributed by atoms with E-state index in [0.29, 0.717) is 11.4 Å². The molecule has 0 aliphatic rings. The number of imidazole rings is 1. The molecule has 2 rings (SSSR count). The molecule has 1 aromatic carbocycles. The van der Waals surface area contributed by atoms with Gasteiger partial charge in [0, 0.05) is 25.0 Å². The zero-order chi connectivity index (χ0) is 13.3. The number of aromatic nitrogens is 2. The van der Waals surface area contributed by atoms with E-state index in [1.165, 1.54) is 12.1 Å². The lowest BCUT2D eigenvalue weighted by atomic mass is 10.1. The highest BCUT2D eigenvalue weighted by molar-refractivity contribution is 5.61. The topological polar surface area (TPSA) is 27.1 Å². The Labute approximate surface area is 102 Å². The number of rotatable bonds is 2. The standard InChI is InChI=1S/C12H11F3N2O/c1-8-7-9(18-12(13,14)15)3-4-10(8)11-16-5-6-17(11)2/h3-7H,1-2H3. The highest BCUT2D eigenvalue weighted by atomic mass is 19.4. The third-order valence-corrected chi connectivity index (χ3v) is 2.49. The number of alkyl halides is 3. The van der Waals surface area contributed by atoms with Crippen LogP contribution in [0.15, 0.2) is 30.6 Å². The van der Waals surface area contributed by atoms with Crippen molar-refractivity contribution >= 4 is 0 Å². The third kappa shape index (κ3) is 2.64. The monoisotopic (exact) mass is 256 g/mol. The highest BCUT2D eigenvalue weighted by Gasteiger charge is 2.31. The molecule has 96 valence electrons. The summed E-state index contributed by atoms with van der Waals surface area (Å²) >= 11 is 0. The van der Waals surface area contributed by atoms with Crippen molar-refractivity contribution in [1.82, 2.24) is 9.55 Å². The number of ether oxygens (including phenoxy) is 1. The van der Waals surface area contributed by atoms with Gasteiger partial charge in [-0.3, -0.25) is 0 Å². The summed E-state index contributed by atoms with van der Waals surface area (Å²) in [5.74, 6) is 0.476. The van der Waals surface area contributed by atoms with E-state index in [1.54, 1.807) is 30.0 Å². The van der Waals surface area contributed by atoms with Crippen molar-refractivity contribution in [3.8, 4) is 17.1 Å². The van der Waals surface area contributed by atoms with Gasteiger partial charge in [-0.25, -0.2) is 4.98 Å². The first-order chi connectivity index (χ1) is 8.37. The molecular formula is C12H11F3N2O. The van der Waals surface area contributed by atoms with E-state index in [4.69, 9.17) is 0 Å². The van der Waals surface area contributed by atoms with Crippen LogP contribution >= 0.6 is 0 Å². The Morgan fingerprint density at radius 2 is 2.00 bits per heavy atom. The van der Waals surface area contributed by atoms with E-state index < -0.39 is 6.36 Å². The largest absolute Gasteiger partial charge is 0.573 e. The average molecular weight is 256 g/mol. The second-order valence-corrected chi connectivity index (χ2v) is 3.89. The molecule has 0 aliphatic heterocycles. The molecule has 0 unspecified atom stereocenters. The maximum absolute atomic E-state index is 12.1. The third-order valence-electron chi connectivity index (χ3n) is 2.49. The molecule has 6 heteroatoms. The van der Waals surface area contributed by atoms with Gasteiger partial charge in [0.2, 0.25) is 0 Å². The molecule has 3 nitrogen and oxygen atoms in total. The van der Waals surface area contributed by atoms with Crippen LogP contribution in [0.2, 0.25) is 0 Å². The van der Waals surface area contributed by atoms with Gasteiger partial charge in [0.15, 0.2) is 0 Å². The van der Waals surface area contributed by atoms with Crippen LogP contribution in [0.3, 0.4) is 0 Å². The highest BCUT2D eigenvalue weighted by Crippen LogP contribution is 2.28. The van der Waals surface area contributed by atoms with E-state index >= 15 is 0 Å². The van der Waals surface area contributed by atoms with Gasteiger partial charge in [-0.1, -0.05) is 0 Å². The normalized spacial score (nSPS) is 11.6. The van der Waals surface area contributed by atoms with E-state index in [2.05, 4.69) is 9.72 Å². The Hall–Kier alpha value is -1.98. The Kier molecular flexibility index (Phi) is 3.02. The smallest absolute Gasteiger partial charge is 0.406 e. The van der Waals surface area contributed by atoms with Crippen LogP contribution in [-0.4, -0.2) is 15.9 Å². The van der Waals surface area contributed by atoms with Gasteiger partial charge in [-0.15, -0.1) is 13.2 Å². The Bertz CT molecular complexity index is 561. The second kappa shape index (κ2) is 4.36. The van der Waals surface area contributed by atoms with Crippen molar-refractivity contribution in [3.05, 3.63) is 36.2 Å². The van der Waals surface area contributed by atoms with Crippen molar-refractivity contribution in [2.24, 2.45) is 7.05 Å². The molecule has 0 N–H and O–H groups in total. The average Bonchev–Trinajstić information content (AvgIpc) is 2.62. The van der Waals surface area contributed by atoms with Crippen molar-refractivity contribution < 1.29 is 17.9 Å². The van der Waals surface area contributed by atoms with E-state index in [9.17, 15) is 13.2 Å². The van der Waals surface area contributed by atoms with Gasteiger partial charge in [-0.2, -0.15) is 0 Å². The number of benzene rings is 1. The first-order valence-corrected chi connectivity index (χ1v) is 5.21. The molecule has 0 atom stereocenters. The molecule has 1 heterocycles. The first-order valence-electron chi connectivity index (χ1n) is 5.21. The van der Waals surface area contributed by atoms with Crippen LogP contribution in [0.25, 0.3) is 11.4 Å². The number of nitrogens with zero attached hydrogens (tertiary/aromatic N) is 2.